The molecule has 1 aromatic carbocycles. The van der Waals surface area contributed by atoms with Crippen LogP contribution >= 0.6 is 11.6 Å². The first-order valence-corrected chi connectivity index (χ1v) is 5.22. The molecule has 2 N–H and O–H groups in total. The molecule has 0 heterocycles. The van der Waals surface area contributed by atoms with Gasteiger partial charge in [0.15, 0.2) is 0 Å². The molecule has 84 valence electrons. The van der Waals surface area contributed by atoms with Crippen LogP contribution in [0.1, 0.15) is 12.5 Å². The van der Waals surface area contributed by atoms with Crippen LogP contribution in [0.2, 0.25) is 5.02 Å². The molecule has 0 bridgehead atoms. The van der Waals surface area contributed by atoms with Crippen molar-refractivity contribution in [3.05, 3.63) is 28.8 Å². The van der Waals surface area contributed by atoms with Crippen molar-refractivity contribution in [2.45, 2.75) is 19.6 Å². The third-order valence-electron chi connectivity index (χ3n) is 2.23. The van der Waals surface area contributed by atoms with Crippen LogP contribution in [0.3, 0.4) is 0 Å². The van der Waals surface area contributed by atoms with Gasteiger partial charge in [0.1, 0.15) is 5.75 Å². The van der Waals surface area contributed by atoms with Gasteiger partial charge in [0, 0.05) is 30.8 Å². The molecule has 0 aliphatic carbocycles. The first-order valence-electron chi connectivity index (χ1n) is 4.85. The van der Waals surface area contributed by atoms with Crippen LogP contribution in [0.4, 0.5) is 0 Å². The number of benzene rings is 1. The Morgan fingerprint density at radius 1 is 1.53 bits per heavy atom. The van der Waals surface area contributed by atoms with Crippen molar-refractivity contribution in [2.24, 2.45) is 0 Å². The second kappa shape index (κ2) is 5.95. The van der Waals surface area contributed by atoms with Crippen LogP contribution < -0.4 is 5.32 Å². The van der Waals surface area contributed by atoms with E-state index >= 15 is 0 Å². The number of aromatic hydroxyl groups is 1. The molecule has 0 amide bonds. The van der Waals surface area contributed by atoms with E-state index in [-0.39, 0.29) is 11.9 Å². The lowest BCUT2D eigenvalue weighted by atomic mass is 10.2. The Morgan fingerprint density at radius 2 is 2.27 bits per heavy atom. The molecule has 0 radical (unpaired) electrons. The molecule has 1 unspecified atom stereocenters. The van der Waals surface area contributed by atoms with E-state index in [4.69, 9.17) is 16.3 Å². The molecule has 0 aromatic heterocycles. The summed E-state index contributed by atoms with van der Waals surface area (Å²) >= 11 is 5.95. The van der Waals surface area contributed by atoms with Gasteiger partial charge < -0.3 is 15.2 Å². The third kappa shape index (κ3) is 3.70. The lowest BCUT2D eigenvalue weighted by molar-refractivity contribution is 0.117. The Bertz CT molecular complexity index is 297. The molecule has 1 aromatic rings. The van der Waals surface area contributed by atoms with Crippen LogP contribution in [0, 0.1) is 0 Å². The van der Waals surface area contributed by atoms with Crippen LogP contribution in [0.15, 0.2) is 18.2 Å². The number of hydrogen-bond acceptors (Lipinski definition) is 3. The van der Waals surface area contributed by atoms with Crippen LogP contribution in [0.25, 0.3) is 0 Å². The first kappa shape index (κ1) is 12.3. The maximum absolute atomic E-state index is 9.56. The van der Waals surface area contributed by atoms with Crippen molar-refractivity contribution in [1.29, 1.82) is 0 Å². The number of phenolic OH excluding ortho intramolecular Hbond substituents is 1. The highest BCUT2D eigenvalue weighted by Crippen LogP contribution is 2.24. The zero-order valence-electron chi connectivity index (χ0n) is 8.96. The van der Waals surface area contributed by atoms with E-state index in [2.05, 4.69) is 5.32 Å². The first-order chi connectivity index (χ1) is 7.15. The van der Waals surface area contributed by atoms with Crippen LogP contribution in [0.5, 0.6) is 5.75 Å². The minimum absolute atomic E-state index is 0.148. The van der Waals surface area contributed by atoms with Gasteiger partial charge in [-0.3, -0.25) is 0 Å². The fourth-order valence-electron chi connectivity index (χ4n) is 1.21. The molecule has 3 nitrogen and oxygen atoms in total. The lowest BCUT2D eigenvalue weighted by Gasteiger charge is -2.12. The summed E-state index contributed by atoms with van der Waals surface area (Å²) in [7, 11) is 1.67. The Morgan fingerprint density at radius 3 is 2.87 bits per heavy atom. The Labute approximate surface area is 95.0 Å². The Hall–Kier alpha value is -0.770. The summed E-state index contributed by atoms with van der Waals surface area (Å²) in [5, 5.41) is 13.3. The second-order valence-corrected chi connectivity index (χ2v) is 3.82. The lowest BCUT2D eigenvalue weighted by Crippen LogP contribution is -2.25. The number of nitrogens with one attached hydrogen (secondary N) is 1. The van der Waals surface area contributed by atoms with E-state index in [0.29, 0.717) is 11.6 Å². The van der Waals surface area contributed by atoms with Crippen molar-refractivity contribution < 1.29 is 9.84 Å². The van der Waals surface area contributed by atoms with E-state index in [0.717, 1.165) is 12.1 Å². The highest BCUT2D eigenvalue weighted by molar-refractivity contribution is 6.31. The van der Waals surface area contributed by atoms with Crippen molar-refractivity contribution in [3.63, 3.8) is 0 Å². The van der Waals surface area contributed by atoms with Crippen molar-refractivity contribution in [2.75, 3.05) is 13.7 Å². The van der Waals surface area contributed by atoms with Crippen molar-refractivity contribution >= 4 is 11.6 Å². The molecular formula is C11H16ClNO2. The van der Waals surface area contributed by atoms with Gasteiger partial charge in [-0.25, -0.2) is 0 Å². The quantitative estimate of drug-likeness (QED) is 0.813. The topological polar surface area (TPSA) is 41.5 Å². The number of methoxy groups -OCH3 is 1. The van der Waals surface area contributed by atoms with Gasteiger partial charge in [0.2, 0.25) is 0 Å². The number of hydrogen-bond donors (Lipinski definition) is 2. The zero-order chi connectivity index (χ0) is 11.3. The smallest absolute Gasteiger partial charge is 0.121 e. The maximum atomic E-state index is 9.56. The van der Waals surface area contributed by atoms with Gasteiger partial charge in [0.05, 0.1) is 6.10 Å². The fourth-order valence-corrected chi connectivity index (χ4v) is 1.44. The van der Waals surface area contributed by atoms with Gasteiger partial charge in [-0.15, -0.1) is 0 Å². The summed E-state index contributed by atoms with van der Waals surface area (Å²) in [6.07, 6.45) is 0.148. The molecule has 0 saturated heterocycles. The summed E-state index contributed by atoms with van der Waals surface area (Å²) in [6, 6.07) is 5.11. The predicted molar refractivity (Wildman–Crippen MR) is 61.3 cm³/mol. The number of halogens is 1. The number of rotatable bonds is 5. The van der Waals surface area contributed by atoms with E-state index in [1.165, 1.54) is 0 Å². The zero-order valence-corrected chi connectivity index (χ0v) is 9.71. The van der Waals surface area contributed by atoms with Gasteiger partial charge in [0.25, 0.3) is 0 Å². The molecule has 0 saturated carbocycles. The minimum Gasteiger partial charge on any atom is -0.508 e. The highest BCUT2D eigenvalue weighted by Gasteiger charge is 2.06. The summed E-state index contributed by atoms with van der Waals surface area (Å²) in [5.41, 5.74) is 0.725. The van der Waals surface area contributed by atoms with Crippen molar-refractivity contribution in [1.82, 2.24) is 5.32 Å². The molecule has 0 aliphatic heterocycles. The predicted octanol–water partition coefficient (Wildman–Crippen LogP) is 2.17. The summed E-state index contributed by atoms with van der Waals surface area (Å²) < 4.78 is 5.09. The number of phenols is 1. The molecule has 0 spiro atoms. The number of ether oxygens (including phenoxy) is 1. The molecule has 0 fully saturated rings. The fraction of sp³-hybridized carbons (Fsp3) is 0.455. The molecule has 1 atom stereocenters. The summed E-state index contributed by atoms with van der Waals surface area (Å²) in [4.78, 5) is 0. The van der Waals surface area contributed by atoms with Crippen LogP contribution in [-0.2, 0) is 11.3 Å². The average Bonchev–Trinajstić information content (AvgIpc) is 2.22. The van der Waals surface area contributed by atoms with E-state index < -0.39 is 0 Å². The molecule has 15 heavy (non-hydrogen) atoms. The van der Waals surface area contributed by atoms with Crippen molar-refractivity contribution in [3.8, 4) is 5.75 Å². The standard InChI is InChI=1S/C11H16ClNO2/c1-8(15-2)6-13-7-9-10(12)4-3-5-11(9)14/h3-5,8,13-14H,6-7H2,1-2H3. The van der Waals surface area contributed by atoms with E-state index in [1.807, 2.05) is 6.92 Å². The summed E-state index contributed by atoms with van der Waals surface area (Å²) in [6.45, 7) is 3.24. The van der Waals surface area contributed by atoms with Gasteiger partial charge in [-0.2, -0.15) is 0 Å². The second-order valence-electron chi connectivity index (χ2n) is 3.41. The van der Waals surface area contributed by atoms with Gasteiger partial charge >= 0.3 is 0 Å². The largest absolute Gasteiger partial charge is 0.508 e. The molecule has 4 heteroatoms. The SMILES string of the molecule is COC(C)CNCc1c(O)cccc1Cl. The monoisotopic (exact) mass is 229 g/mol. The molecular weight excluding hydrogens is 214 g/mol. The summed E-state index contributed by atoms with van der Waals surface area (Å²) in [5.74, 6) is 0.222. The molecule has 1 rings (SSSR count). The average molecular weight is 230 g/mol. The minimum atomic E-state index is 0.148. The van der Waals surface area contributed by atoms with Gasteiger partial charge in [-0.05, 0) is 19.1 Å². The van der Waals surface area contributed by atoms with Crippen LogP contribution in [-0.4, -0.2) is 24.9 Å². The highest BCUT2D eigenvalue weighted by atomic mass is 35.5. The van der Waals surface area contributed by atoms with Gasteiger partial charge in [-0.1, -0.05) is 17.7 Å². The van der Waals surface area contributed by atoms with E-state index in [1.54, 1.807) is 25.3 Å². The van der Waals surface area contributed by atoms with E-state index in [9.17, 15) is 5.11 Å². The third-order valence-corrected chi connectivity index (χ3v) is 2.58. The molecule has 0 aliphatic rings. The normalized spacial score (nSPS) is 12.7. The Balaban J connectivity index is 2.50. The maximum Gasteiger partial charge on any atom is 0.121 e. The Kier molecular flexibility index (Phi) is 4.88.